The van der Waals surface area contributed by atoms with E-state index >= 15 is 0 Å². The van der Waals surface area contributed by atoms with Gasteiger partial charge in [0, 0.05) is 23.4 Å². The van der Waals surface area contributed by atoms with Gasteiger partial charge in [-0.05, 0) is 60.2 Å². The molecule has 3 aromatic carbocycles. The molecule has 0 atom stereocenters. The number of nitrogens with one attached hydrogen (secondary N) is 2. The summed E-state index contributed by atoms with van der Waals surface area (Å²) >= 11 is 0. The first-order chi connectivity index (χ1) is 15.4. The van der Waals surface area contributed by atoms with E-state index in [2.05, 4.69) is 10.6 Å². The minimum atomic E-state index is -0.662. The molecular weight excluding hydrogens is 417 g/mol. The van der Waals surface area contributed by atoms with Gasteiger partial charge in [-0.1, -0.05) is 12.1 Å². The van der Waals surface area contributed by atoms with Gasteiger partial charge < -0.3 is 15.4 Å². The van der Waals surface area contributed by atoms with Crippen molar-refractivity contribution in [3.63, 3.8) is 0 Å². The highest BCUT2D eigenvalue weighted by Gasteiger charge is 2.16. The van der Waals surface area contributed by atoms with Gasteiger partial charge in [0.1, 0.15) is 17.3 Å². The third-order valence-corrected chi connectivity index (χ3v) is 4.36. The van der Waals surface area contributed by atoms with Crippen LogP contribution in [0.4, 0.5) is 15.8 Å². The lowest BCUT2D eigenvalue weighted by Crippen LogP contribution is -2.30. The van der Waals surface area contributed by atoms with Crippen LogP contribution in [0.5, 0.6) is 5.75 Å². The lowest BCUT2D eigenvalue weighted by molar-refractivity contribution is -0.384. The minimum Gasteiger partial charge on any atom is -0.497 e. The number of methoxy groups -OCH3 is 1. The number of ether oxygens (including phenoxy) is 1. The first-order valence-corrected chi connectivity index (χ1v) is 9.34. The minimum absolute atomic E-state index is 0.101. The maximum atomic E-state index is 13.2. The highest BCUT2D eigenvalue weighted by atomic mass is 19.1. The third-order valence-electron chi connectivity index (χ3n) is 4.36. The van der Waals surface area contributed by atoms with E-state index in [4.69, 9.17) is 4.74 Å². The number of nitro benzene ring substituents is 1. The molecule has 162 valence electrons. The zero-order valence-corrected chi connectivity index (χ0v) is 16.9. The van der Waals surface area contributed by atoms with Gasteiger partial charge in [-0.2, -0.15) is 0 Å². The first kappa shape index (κ1) is 22.2. The lowest BCUT2D eigenvalue weighted by Gasteiger charge is -2.12. The van der Waals surface area contributed by atoms with Gasteiger partial charge in [0.15, 0.2) is 0 Å². The van der Waals surface area contributed by atoms with Crippen LogP contribution in [-0.2, 0) is 4.79 Å². The standard InChI is InChI=1S/C23H18FN3O5/c1-32-20-12-4-16(5-13-20)22(28)26-21(14-15-2-6-17(24)7-3-15)23(29)25-18-8-10-19(11-9-18)27(30)31/h2-14H,1H3,(H,25,29)(H,26,28). The summed E-state index contributed by atoms with van der Waals surface area (Å²) in [5, 5.41) is 15.9. The molecule has 8 nitrogen and oxygen atoms in total. The molecule has 0 aromatic heterocycles. The molecule has 0 aliphatic carbocycles. The number of carbonyl (C=O) groups is 2. The Morgan fingerprint density at radius 2 is 1.59 bits per heavy atom. The summed E-state index contributed by atoms with van der Waals surface area (Å²) in [6, 6.07) is 16.9. The van der Waals surface area contributed by atoms with Gasteiger partial charge in [-0.15, -0.1) is 0 Å². The normalized spacial score (nSPS) is 10.9. The molecule has 2 N–H and O–H groups in total. The van der Waals surface area contributed by atoms with E-state index < -0.39 is 22.6 Å². The molecular formula is C23H18FN3O5. The molecule has 2 amide bonds. The van der Waals surface area contributed by atoms with Gasteiger partial charge in [-0.25, -0.2) is 4.39 Å². The van der Waals surface area contributed by atoms with Gasteiger partial charge in [-0.3, -0.25) is 19.7 Å². The number of non-ortho nitro benzene ring substituents is 1. The van der Waals surface area contributed by atoms with Gasteiger partial charge in [0.2, 0.25) is 0 Å². The van der Waals surface area contributed by atoms with Crippen LogP contribution in [0.25, 0.3) is 6.08 Å². The van der Waals surface area contributed by atoms with Crippen molar-refractivity contribution in [3.05, 3.63) is 106 Å². The van der Waals surface area contributed by atoms with Crippen LogP contribution >= 0.6 is 0 Å². The number of halogens is 1. The molecule has 3 aromatic rings. The van der Waals surface area contributed by atoms with Crippen molar-refractivity contribution in [1.82, 2.24) is 5.32 Å². The third kappa shape index (κ3) is 5.76. The van der Waals surface area contributed by atoms with E-state index in [1.807, 2.05) is 0 Å². The summed E-state index contributed by atoms with van der Waals surface area (Å²) in [6.07, 6.45) is 1.39. The fourth-order valence-electron chi connectivity index (χ4n) is 2.69. The van der Waals surface area contributed by atoms with E-state index in [0.717, 1.165) is 0 Å². The highest BCUT2D eigenvalue weighted by molar-refractivity contribution is 6.10. The second-order valence-corrected chi connectivity index (χ2v) is 6.55. The molecule has 32 heavy (non-hydrogen) atoms. The van der Waals surface area contributed by atoms with Crippen molar-refractivity contribution in [3.8, 4) is 5.75 Å². The molecule has 3 rings (SSSR count). The van der Waals surface area contributed by atoms with E-state index in [-0.39, 0.29) is 11.4 Å². The first-order valence-electron chi connectivity index (χ1n) is 9.34. The number of hydrogen-bond donors (Lipinski definition) is 2. The van der Waals surface area contributed by atoms with Crippen LogP contribution in [0.1, 0.15) is 15.9 Å². The molecule has 0 bridgehead atoms. The average Bonchev–Trinajstić information content (AvgIpc) is 2.80. The Bertz CT molecular complexity index is 1160. The number of anilines is 1. The number of benzene rings is 3. The summed E-state index contributed by atoms with van der Waals surface area (Å²) in [6.45, 7) is 0. The molecule has 0 heterocycles. The molecule has 9 heteroatoms. The lowest BCUT2D eigenvalue weighted by atomic mass is 10.1. The molecule has 0 aliphatic heterocycles. The number of hydrogen-bond acceptors (Lipinski definition) is 5. The number of nitrogens with zero attached hydrogens (tertiary/aromatic N) is 1. The number of amides is 2. The van der Waals surface area contributed by atoms with Crippen molar-refractivity contribution in [2.45, 2.75) is 0 Å². The topological polar surface area (TPSA) is 111 Å². The van der Waals surface area contributed by atoms with Crippen molar-refractivity contribution in [2.75, 3.05) is 12.4 Å². The Morgan fingerprint density at radius 1 is 0.969 bits per heavy atom. The summed E-state index contributed by atoms with van der Waals surface area (Å²) in [5.41, 5.74) is 0.840. The monoisotopic (exact) mass is 435 g/mol. The van der Waals surface area contributed by atoms with Crippen molar-refractivity contribution >= 4 is 29.3 Å². The Labute approximate surface area is 182 Å². The van der Waals surface area contributed by atoms with Crippen molar-refractivity contribution < 1.29 is 23.6 Å². The van der Waals surface area contributed by atoms with Crippen LogP contribution in [0.3, 0.4) is 0 Å². The van der Waals surface area contributed by atoms with Crippen molar-refractivity contribution in [1.29, 1.82) is 0 Å². The largest absolute Gasteiger partial charge is 0.497 e. The molecule has 0 spiro atoms. The van der Waals surface area contributed by atoms with Crippen LogP contribution in [0, 0.1) is 15.9 Å². The van der Waals surface area contributed by atoms with Crippen LogP contribution in [-0.4, -0.2) is 23.8 Å². The molecule has 0 saturated carbocycles. The van der Waals surface area contributed by atoms with Crippen LogP contribution < -0.4 is 15.4 Å². The summed E-state index contributed by atoms with van der Waals surface area (Å²) in [5.74, 6) is -1.08. The summed E-state index contributed by atoms with van der Waals surface area (Å²) < 4.78 is 18.3. The highest BCUT2D eigenvalue weighted by Crippen LogP contribution is 2.17. The molecule has 0 fully saturated rings. The molecule has 0 radical (unpaired) electrons. The Kier molecular flexibility index (Phi) is 6.92. The van der Waals surface area contributed by atoms with E-state index in [1.165, 1.54) is 73.8 Å². The molecule has 0 saturated heterocycles. The maximum Gasteiger partial charge on any atom is 0.272 e. The van der Waals surface area contributed by atoms with E-state index in [0.29, 0.717) is 22.6 Å². The number of nitro groups is 1. The zero-order valence-electron chi connectivity index (χ0n) is 16.9. The number of rotatable bonds is 7. The zero-order chi connectivity index (χ0) is 23.1. The van der Waals surface area contributed by atoms with Crippen LogP contribution in [0.2, 0.25) is 0 Å². The average molecular weight is 435 g/mol. The van der Waals surface area contributed by atoms with Crippen LogP contribution in [0.15, 0.2) is 78.5 Å². The van der Waals surface area contributed by atoms with E-state index in [9.17, 15) is 24.1 Å². The summed E-state index contributed by atoms with van der Waals surface area (Å²) in [4.78, 5) is 35.8. The van der Waals surface area contributed by atoms with Gasteiger partial charge >= 0.3 is 0 Å². The second-order valence-electron chi connectivity index (χ2n) is 6.55. The fourth-order valence-corrected chi connectivity index (χ4v) is 2.69. The smallest absolute Gasteiger partial charge is 0.272 e. The Balaban J connectivity index is 1.85. The Morgan fingerprint density at radius 3 is 2.16 bits per heavy atom. The quantitative estimate of drug-likeness (QED) is 0.329. The number of carbonyl (C=O) groups excluding carboxylic acids is 2. The predicted molar refractivity (Wildman–Crippen MR) is 117 cm³/mol. The molecule has 0 aliphatic rings. The second kappa shape index (κ2) is 9.98. The predicted octanol–water partition coefficient (Wildman–Crippen LogP) is 4.15. The summed E-state index contributed by atoms with van der Waals surface area (Å²) in [7, 11) is 1.50. The molecule has 0 unspecified atom stereocenters. The Hall–Kier alpha value is -4.53. The van der Waals surface area contributed by atoms with Gasteiger partial charge in [0.25, 0.3) is 17.5 Å². The fraction of sp³-hybridized carbons (Fsp3) is 0.0435. The maximum absolute atomic E-state index is 13.2. The van der Waals surface area contributed by atoms with Crippen molar-refractivity contribution in [2.24, 2.45) is 0 Å². The van der Waals surface area contributed by atoms with Gasteiger partial charge in [0.05, 0.1) is 12.0 Å². The van der Waals surface area contributed by atoms with E-state index in [1.54, 1.807) is 12.1 Å². The SMILES string of the molecule is COc1ccc(C(=O)NC(=Cc2ccc(F)cc2)C(=O)Nc2ccc([N+](=O)[O-])cc2)cc1.